The van der Waals surface area contributed by atoms with Crippen LogP contribution in [-0.2, 0) is 27.5 Å². The van der Waals surface area contributed by atoms with Crippen molar-refractivity contribution in [3.63, 3.8) is 0 Å². The lowest BCUT2D eigenvalue weighted by Gasteiger charge is -2.03. The van der Waals surface area contributed by atoms with E-state index in [1.54, 1.807) is 6.92 Å². The highest BCUT2D eigenvalue weighted by Gasteiger charge is 2.28. The third-order valence-electron chi connectivity index (χ3n) is 2.82. The van der Waals surface area contributed by atoms with Gasteiger partial charge in [0.2, 0.25) is 0 Å². The summed E-state index contributed by atoms with van der Waals surface area (Å²) in [6, 6.07) is 0. The molecule has 1 saturated heterocycles. The molecule has 0 bridgehead atoms. The van der Waals surface area contributed by atoms with Gasteiger partial charge in [0.15, 0.2) is 9.84 Å². The van der Waals surface area contributed by atoms with E-state index in [0.717, 1.165) is 23.5 Å². The van der Waals surface area contributed by atoms with E-state index in [-0.39, 0.29) is 17.5 Å². The average molecular weight is 273 g/mol. The second-order valence-electron chi connectivity index (χ2n) is 4.58. The summed E-state index contributed by atoms with van der Waals surface area (Å²) in [6.45, 7) is 1.54. The highest BCUT2D eigenvalue weighted by atomic mass is 32.2. The van der Waals surface area contributed by atoms with E-state index in [4.69, 9.17) is 0 Å². The zero-order chi connectivity index (χ0) is 12.5. The third-order valence-corrected chi connectivity index (χ3v) is 5.58. The van der Waals surface area contributed by atoms with Gasteiger partial charge in [-0.25, -0.2) is 13.4 Å². The number of thiazole rings is 1. The van der Waals surface area contributed by atoms with Crippen molar-refractivity contribution in [2.75, 3.05) is 11.5 Å². The minimum atomic E-state index is -2.81. The Hall–Kier alpha value is -0.750. The highest BCUT2D eigenvalue weighted by Crippen LogP contribution is 2.24. The SMILES string of the molecule is CC(=O)Cc1csc(CC2CCS(=O)(=O)C2)n1. The van der Waals surface area contributed by atoms with E-state index >= 15 is 0 Å². The van der Waals surface area contributed by atoms with E-state index in [9.17, 15) is 13.2 Å². The smallest absolute Gasteiger partial charge is 0.150 e. The second kappa shape index (κ2) is 4.86. The number of Topliss-reactive ketones (excluding diaryl/α,β-unsaturated/α-hetero) is 1. The van der Waals surface area contributed by atoms with E-state index in [1.165, 1.54) is 11.3 Å². The lowest BCUT2D eigenvalue weighted by molar-refractivity contribution is -0.116. The van der Waals surface area contributed by atoms with Gasteiger partial charge in [-0.15, -0.1) is 11.3 Å². The summed E-state index contributed by atoms with van der Waals surface area (Å²) in [5, 5.41) is 2.84. The van der Waals surface area contributed by atoms with Crippen LogP contribution in [0, 0.1) is 5.92 Å². The van der Waals surface area contributed by atoms with Gasteiger partial charge in [-0.05, 0) is 19.3 Å². The number of aromatic nitrogens is 1. The van der Waals surface area contributed by atoms with E-state index in [1.807, 2.05) is 5.38 Å². The Bertz CT molecular complexity index is 519. The third kappa shape index (κ3) is 3.61. The van der Waals surface area contributed by atoms with Gasteiger partial charge < -0.3 is 0 Å². The number of sulfone groups is 1. The first kappa shape index (κ1) is 12.7. The van der Waals surface area contributed by atoms with E-state index < -0.39 is 9.84 Å². The van der Waals surface area contributed by atoms with E-state index in [2.05, 4.69) is 4.98 Å². The summed E-state index contributed by atoms with van der Waals surface area (Å²) < 4.78 is 22.6. The monoisotopic (exact) mass is 273 g/mol. The van der Waals surface area contributed by atoms with Crippen LogP contribution in [-0.4, -0.2) is 30.7 Å². The second-order valence-corrected chi connectivity index (χ2v) is 7.76. The molecule has 1 aliphatic heterocycles. The highest BCUT2D eigenvalue weighted by molar-refractivity contribution is 7.91. The standard InChI is InChI=1S/C11H15NO3S2/c1-8(13)4-10-6-16-11(12-10)5-9-2-3-17(14,15)7-9/h6,9H,2-5,7H2,1H3. The molecule has 0 aliphatic carbocycles. The molecule has 0 N–H and O–H groups in total. The predicted octanol–water partition coefficient (Wildman–Crippen LogP) is 1.25. The molecule has 2 heterocycles. The Morgan fingerprint density at radius 1 is 1.59 bits per heavy atom. The maximum Gasteiger partial charge on any atom is 0.150 e. The maximum absolute atomic E-state index is 11.3. The maximum atomic E-state index is 11.3. The molecule has 94 valence electrons. The summed E-state index contributed by atoms with van der Waals surface area (Å²) >= 11 is 1.52. The summed E-state index contributed by atoms with van der Waals surface area (Å²) in [5.41, 5.74) is 0.804. The molecule has 4 nitrogen and oxygen atoms in total. The van der Waals surface area contributed by atoms with Gasteiger partial charge >= 0.3 is 0 Å². The number of nitrogens with zero attached hydrogens (tertiary/aromatic N) is 1. The summed E-state index contributed by atoms with van der Waals surface area (Å²) in [5.74, 6) is 0.902. The topological polar surface area (TPSA) is 64.1 Å². The molecule has 0 aromatic carbocycles. The fraction of sp³-hybridized carbons (Fsp3) is 0.636. The number of rotatable bonds is 4. The number of carbonyl (C=O) groups excluding carboxylic acids is 1. The Morgan fingerprint density at radius 2 is 2.35 bits per heavy atom. The molecular formula is C11H15NO3S2. The zero-order valence-corrected chi connectivity index (χ0v) is 11.3. The van der Waals surface area contributed by atoms with Crippen LogP contribution in [0.5, 0.6) is 0 Å². The van der Waals surface area contributed by atoms with Gasteiger partial charge in [0.25, 0.3) is 0 Å². The molecule has 0 radical (unpaired) electrons. The molecule has 2 rings (SSSR count). The van der Waals surface area contributed by atoms with Crippen LogP contribution in [0.1, 0.15) is 24.0 Å². The molecule has 1 aromatic heterocycles. The molecule has 1 unspecified atom stereocenters. The molecule has 1 aliphatic rings. The molecular weight excluding hydrogens is 258 g/mol. The average Bonchev–Trinajstić information content (AvgIpc) is 2.73. The normalized spacial score (nSPS) is 22.8. The first-order chi connectivity index (χ1) is 7.94. The van der Waals surface area contributed by atoms with Gasteiger partial charge in [0, 0.05) is 18.2 Å². The molecule has 0 spiro atoms. The lowest BCUT2D eigenvalue weighted by Crippen LogP contribution is -2.07. The molecule has 0 saturated carbocycles. The van der Waals surface area contributed by atoms with E-state index in [0.29, 0.717) is 12.2 Å². The number of hydrogen-bond acceptors (Lipinski definition) is 5. The number of hydrogen-bond donors (Lipinski definition) is 0. The molecule has 6 heteroatoms. The van der Waals surface area contributed by atoms with Crippen LogP contribution in [0.15, 0.2) is 5.38 Å². The van der Waals surface area contributed by atoms with Crippen molar-refractivity contribution in [3.05, 3.63) is 16.1 Å². The molecule has 0 amide bonds. The van der Waals surface area contributed by atoms with Crippen LogP contribution in [0.4, 0.5) is 0 Å². The summed E-state index contributed by atoms with van der Waals surface area (Å²) in [4.78, 5) is 15.3. The fourth-order valence-corrected chi connectivity index (χ4v) is 4.83. The Balaban J connectivity index is 1.96. The van der Waals surface area contributed by atoms with Crippen molar-refractivity contribution in [1.29, 1.82) is 0 Å². The van der Waals surface area contributed by atoms with Crippen molar-refractivity contribution < 1.29 is 13.2 Å². The molecule has 1 fully saturated rings. The van der Waals surface area contributed by atoms with Gasteiger partial charge in [0.1, 0.15) is 5.78 Å². The van der Waals surface area contributed by atoms with Crippen LogP contribution >= 0.6 is 11.3 Å². The first-order valence-electron chi connectivity index (χ1n) is 5.58. The largest absolute Gasteiger partial charge is 0.300 e. The van der Waals surface area contributed by atoms with Gasteiger partial charge in [0.05, 0.1) is 22.2 Å². The number of carbonyl (C=O) groups is 1. The Kier molecular flexibility index (Phi) is 3.63. The predicted molar refractivity (Wildman–Crippen MR) is 67.0 cm³/mol. The van der Waals surface area contributed by atoms with Crippen LogP contribution in [0.3, 0.4) is 0 Å². The van der Waals surface area contributed by atoms with Gasteiger partial charge in [-0.1, -0.05) is 0 Å². The number of ketones is 1. The molecule has 1 atom stereocenters. The minimum absolute atomic E-state index is 0.102. The van der Waals surface area contributed by atoms with Gasteiger partial charge in [-0.3, -0.25) is 4.79 Å². The quantitative estimate of drug-likeness (QED) is 0.828. The molecule has 1 aromatic rings. The van der Waals surface area contributed by atoms with Crippen LogP contribution in [0.25, 0.3) is 0 Å². The minimum Gasteiger partial charge on any atom is -0.300 e. The Labute approximate surface area is 105 Å². The van der Waals surface area contributed by atoms with Crippen molar-refractivity contribution >= 4 is 27.0 Å². The fourth-order valence-electron chi connectivity index (χ4n) is 2.06. The lowest BCUT2D eigenvalue weighted by atomic mass is 10.1. The van der Waals surface area contributed by atoms with Gasteiger partial charge in [-0.2, -0.15) is 0 Å². The van der Waals surface area contributed by atoms with Crippen LogP contribution in [0.2, 0.25) is 0 Å². The van der Waals surface area contributed by atoms with Crippen molar-refractivity contribution in [2.45, 2.75) is 26.2 Å². The van der Waals surface area contributed by atoms with Crippen molar-refractivity contribution in [1.82, 2.24) is 4.98 Å². The Morgan fingerprint density at radius 3 is 2.94 bits per heavy atom. The summed E-state index contributed by atoms with van der Waals surface area (Å²) in [7, 11) is -2.81. The molecule has 17 heavy (non-hydrogen) atoms. The van der Waals surface area contributed by atoms with Crippen molar-refractivity contribution in [2.24, 2.45) is 5.92 Å². The zero-order valence-electron chi connectivity index (χ0n) is 9.68. The summed E-state index contributed by atoms with van der Waals surface area (Å²) in [6.07, 6.45) is 1.84. The first-order valence-corrected chi connectivity index (χ1v) is 8.28. The van der Waals surface area contributed by atoms with Crippen molar-refractivity contribution in [3.8, 4) is 0 Å². The van der Waals surface area contributed by atoms with Crippen LogP contribution < -0.4 is 0 Å².